The molecule has 10 heteroatoms. The van der Waals surface area contributed by atoms with E-state index >= 15 is 0 Å². The van der Waals surface area contributed by atoms with Crippen LogP contribution in [0.1, 0.15) is 34.1 Å². The maximum absolute atomic E-state index is 13.6. The minimum Gasteiger partial charge on any atom is -0.497 e. The highest BCUT2D eigenvalue weighted by Gasteiger charge is 2.50. The number of nitrogens with zero attached hydrogens (tertiary/aromatic N) is 2. The van der Waals surface area contributed by atoms with Crippen LogP contribution in [0.25, 0.3) is 0 Å². The highest BCUT2D eigenvalue weighted by Crippen LogP contribution is 2.34. The quantitative estimate of drug-likeness (QED) is 0.646. The summed E-state index contributed by atoms with van der Waals surface area (Å²) >= 11 is 0. The van der Waals surface area contributed by atoms with Crippen LogP contribution in [0.2, 0.25) is 0 Å². The van der Waals surface area contributed by atoms with Gasteiger partial charge in [-0.25, -0.2) is 13.3 Å². The summed E-state index contributed by atoms with van der Waals surface area (Å²) in [5.41, 5.74) is -0.202. The average Bonchev–Trinajstić information content (AvgIpc) is 3.00. The van der Waals surface area contributed by atoms with Crippen LogP contribution >= 0.6 is 0 Å². The van der Waals surface area contributed by atoms with Gasteiger partial charge in [-0.05, 0) is 69.3 Å². The molecule has 1 saturated heterocycles. The molecular weight excluding hydrogens is 446 g/mol. The summed E-state index contributed by atoms with van der Waals surface area (Å²) < 4.78 is 33.4. The standard InChI is InChI=1S/C23H27N3O6S/c1-15(27)24-16-6-12-19(13-7-16)33(30,31)26(23(2,3)4)20-14-21(28)25(22(20)29)17-8-10-18(32-5)11-9-17/h6-13,20H,14H2,1-5H3,(H,24,27). The van der Waals surface area contributed by atoms with E-state index in [1.165, 1.54) is 38.3 Å². The number of anilines is 2. The number of carbonyl (C=O) groups excluding carboxylic acids is 3. The molecule has 1 heterocycles. The molecule has 33 heavy (non-hydrogen) atoms. The highest BCUT2D eigenvalue weighted by atomic mass is 32.2. The van der Waals surface area contributed by atoms with Gasteiger partial charge in [-0.3, -0.25) is 14.4 Å². The van der Waals surface area contributed by atoms with Gasteiger partial charge in [0.15, 0.2) is 0 Å². The number of imide groups is 1. The fourth-order valence-corrected chi connectivity index (χ4v) is 5.75. The number of hydrogen-bond donors (Lipinski definition) is 1. The number of hydrogen-bond acceptors (Lipinski definition) is 6. The van der Waals surface area contributed by atoms with Crippen LogP contribution in [0.3, 0.4) is 0 Å². The number of methoxy groups -OCH3 is 1. The summed E-state index contributed by atoms with van der Waals surface area (Å²) in [4.78, 5) is 38.3. The van der Waals surface area contributed by atoms with Crippen molar-refractivity contribution in [1.82, 2.24) is 4.31 Å². The molecule has 0 saturated carbocycles. The fourth-order valence-electron chi connectivity index (χ4n) is 3.82. The molecule has 0 spiro atoms. The van der Waals surface area contributed by atoms with Crippen molar-refractivity contribution in [2.75, 3.05) is 17.3 Å². The van der Waals surface area contributed by atoms with E-state index in [-0.39, 0.29) is 17.2 Å². The lowest BCUT2D eigenvalue weighted by Crippen LogP contribution is -2.54. The molecule has 1 N–H and O–H groups in total. The molecular formula is C23H27N3O6S. The zero-order valence-corrected chi connectivity index (χ0v) is 20.0. The Labute approximate surface area is 193 Å². The van der Waals surface area contributed by atoms with E-state index in [1.54, 1.807) is 45.0 Å². The first-order valence-electron chi connectivity index (χ1n) is 10.3. The summed E-state index contributed by atoms with van der Waals surface area (Å²) in [6, 6.07) is 10.9. The Morgan fingerprint density at radius 2 is 1.64 bits per heavy atom. The SMILES string of the molecule is COc1ccc(N2C(=O)CC(N(C(C)(C)C)S(=O)(=O)c3ccc(NC(C)=O)cc3)C2=O)cc1. The lowest BCUT2D eigenvalue weighted by Gasteiger charge is -2.37. The summed E-state index contributed by atoms with van der Waals surface area (Å²) in [7, 11) is -2.65. The molecule has 1 unspecified atom stereocenters. The van der Waals surface area contributed by atoms with Crippen molar-refractivity contribution < 1.29 is 27.5 Å². The molecule has 0 bridgehead atoms. The number of amides is 3. The molecule has 2 aromatic rings. The number of nitrogens with one attached hydrogen (secondary N) is 1. The Balaban J connectivity index is 1.98. The molecule has 1 aliphatic rings. The third-order valence-electron chi connectivity index (χ3n) is 5.13. The average molecular weight is 474 g/mol. The van der Waals surface area contributed by atoms with Crippen LogP contribution in [0.4, 0.5) is 11.4 Å². The van der Waals surface area contributed by atoms with Crippen molar-refractivity contribution in [2.24, 2.45) is 0 Å². The largest absolute Gasteiger partial charge is 0.497 e. The zero-order chi connectivity index (χ0) is 24.6. The molecule has 1 aliphatic heterocycles. The molecule has 176 valence electrons. The molecule has 3 rings (SSSR count). The van der Waals surface area contributed by atoms with Crippen molar-refractivity contribution in [3.05, 3.63) is 48.5 Å². The first-order valence-corrected chi connectivity index (χ1v) is 11.7. The van der Waals surface area contributed by atoms with Gasteiger partial charge in [0.25, 0.3) is 5.91 Å². The summed E-state index contributed by atoms with van der Waals surface area (Å²) in [6.07, 6.45) is -0.272. The van der Waals surface area contributed by atoms with Gasteiger partial charge >= 0.3 is 0 Å². The highest BCUT2D eigenvalue weighted by molar-refractivity contribution is 7.89. The molecule has 0 aromatic heterocycles. The minimum atomic E-state index is -4.16. The number of sulfonamides is 1. The van der Waals surface area contributed by atoms with Gasteiger partial charge in [0.1, 0.15) is 11.8 Å². The number of carbonyl (C=O) groups is 3. The van der Waals surface area contributed by atoms with Crippen molar-refractivity contribution >= 4 is 39.1 Å². The number of ether oxygens (including phenoxy) is 1. The molecule has 3 amide bonds. The van der Waals surface area contributed by atoms with Gasteiger partial charge in [0, 0.05) is 18.2 Å². The van der Waals surface area contributed by atoms with Crippen LogP contribution in [-0.2, 0) is 24.4 Å². The molecule has 1 fully saturated rings. The van der Waals surface area contributed by atoms with Gasteiger partial charge in [-0.2, -0.15) is 4.31 Å². The van der Waals surface area contributed by atoms with Gasteiger partial charge < -0.3 is 10.1 Å². The van der Waals surface area contributed by atoms with Gasteiger partial charge in [-0.15, -0.1) is 0 Å². The van der Waals surface area contributed by atoms with Crippen molar-refractivity contribution in [2.45, 2.75) is 50.6 Å². The molecule has 0 radical (unpaired) electrons. The topological polar surface area (TPSA) is 113 Å². The minimum absolute atomic E-state index is 0.0466. The number of benzene rings is 2. The predicted molar refractivity (Wildman–Crippen MR) is 123 cm³/mol. The van der Waals surface area contributed by atoms with Gasteiger partial charge in [0.05, 0.1) is 24.1 Å². The van der Waals surface area contributed by atoms with E-state index in [9.17, 15) is 22.8 Å². The van der Waals surface area contributed by atoms with Crippen molar-refractivity contribution in [3.63, 3.8) is 0 Å². The van der Waals surface area contributed by atoms with E-state index < -0.39 is 33.4 Å². The summed E-state index contributed by atoms with van der Waals surface area (Å²) in [5.74, 6) is -0.814. The third-order valence-corrected chi connectivity index (χ3v) is 7.32. The third kappa shape index (κ3) is 4.91. The second-order valence-corrected chi connectivity index (χ2v) is 10.5. The Kier molecular flexibility index (Phi) is 6.62. The van der Waals surface area contributed by atoms with Crippen LogP contribution in [-0.4, -0.2) is 49.1 Å². The van der Waals surface area contributed by atoms with E-state index in [0.29, 0.717) is 17.1 Å². The maximum atomic E-state index is 13.6. The second-order valence-electron chi connectivity index (χ2n) is 8.66. The molecule has 2 aromatic carbocycles. The van der Waals surface area contributed by atoms with E-state index in [2.05, 4.69) is 5.32 Å². The Morgan fingerprint density at radius 1 is 1.06 bits per heavy atom. The fraction of sp³-hybridized carbons (Fsp3) is 0.348. The van der Waals surface area contributed by atoms with Gasteiger partial charge in [0.2, 0.25) is 21.8 Å². The first-order chi connectivity index (χ1) is 15.4. The number of rotatable bonds is 6. The lowest BCUT2D eigenvalue weighted by atomic mass is 10.1. The smallest absolute Gasteiger partial charge is 0.252 e. The van der Waals surface area contributed by atoms with E-state index in [0.717, 1.165) is 9.21 Å². The van der Waals surface area contributed by atoms with Crippen LogP contribution < -0.4 is 15.0 Å². The Bertz CT molecular complexity index is 1170. The maximum Gasteiger partial charge on any atom is 0.252 e. The monoisotopic (exact) mass is 473 g/mol. The second kappa shape index (κ2) is 8.95. The summed E-state index contributed by atoms with van der Waals surface area (Å²) in [5, 5.41) is 2.58. The van der Waals surface area contributed by atoms with Crippen LogP contribution in [0.5, 0.6) is 5.75 Å². The van der Waals surface area contributed by atoms with E-state index in [4.69, 9.17) is 4.74 Å². The molecule has 1 atom stereocenters. The molecule has 9 nitrogen and oxygen atoms in total. The first kappa shape index (κ1) is 24.4. The molecule has 0 aliphatic carbocycles. The van der Waals surface area contributed by atoms with Crippen molar-refractivity contribution in [3.8, 4) is 5.75 Å². The Hall–Kier alpha value is -3.24. The zero-order valence-electron chi connectivity index (χ0n) is 19.2. The van der Waals surface area contributed by atoms with E-state index in [1.807, 2.05) is 0 Å². The Morgan fingerprint density at radius 3 is 2.12 bits per heavy atom. The lowest BCUT2D eigenvalue weighted by molar-refractivity contribution is -0.122. The van der Waals surface area contributed by atoms with Crippen molar-refractivity contribution in [1.29, 1.82) is 0 Å². The predicted octanol–water partition coefficient (Wildman–Crippen LogP) is 2.77. The van der Waals surface area contributed by atoms with Crippen LogP contribution in [0.15, 0.2) is 53.4 Å². The van der Waals surface area contributed by atoms with Crippen LogP contribution in [0, 0.1) is 0 Å². The van der Waals surface area contributed by atoms with Gasteiger partial charge in [-0.1, -0.05) is 0 Å². The summed E-state index contributed by atoms with van der Waals surface area (Å²) in [6.45, 7) is 6.36. The normalized spacial score (nSPS) is 16.9.